The summed E-state index contributed by atoms with van der Waals surface area (Å²) in [5.41, 5.74) is 14.2. The molecule has 31 heavy (non-hydrogen) atoms. The van der Waals surface area contributed by atoms with Gasteiger partial charge in [0.2, 0.25) is 0 Å². The number of rotatable bonds is 3. The molecule has 0 unspecified atom stereocenters. The van der Waals surface area contributed by atoms with Crippen LogP contribution in [0.25, 0.3) is 55.6 Å². The SMILES string of the molecule is Nc1cncc(-c2ccc3[nH]nc(-c4cc5c(-c6cccnc6)ccnc5[nH]4)c3c2)c1. The highest BCUT2D eigenvalue weighted by Gasteiger charge is 2.15. The molecule has 0 fully saturated rings. The number of anilines is 1. The predicted octanol–water partition coefficient (Wildman–Crippen LogP) is 4.81. The van der Waals surface area contributed by atoms with Crippen molar-refractivity contribution in [2.75, 3.05) is 5.73 Å². The zero-order valence-electron chi connectivity index (χ0n) is 16.4. The molecule has 148 valence electrons. The zero-order valence-corrected chi connectivity index (χ0v) is 16.4. The molecule has 4 N–H and O–H groups in total. The first-order valence-electron chi connectivity index (χ1n) is 9.84. The standard InChI is InChI=1S/C24H17N7/c25-17-8-16(12-27-13-17)14-3-4-21-20(9-14)23(31-30-21)22-10-19-18(5-7-28-24(19)29-22)15-2-1-6-26-11-15/h1-13H,25H2,(H,28,29)(H,30,31). The molecule has 1 aromatic carbocycles. The Morgan fingerprint density at radius 3 is 2.58 bits per heavy atom. The molecule has 6 aromatic rings. The van der Waals surface area contributed by atoms with Gasteiger partial charge in [-0.25, -0.2) is 4.98 Å². The van der Waals surface area contributed by atoms with Gasteiger partial charge in [0, 0.05) is 52.9 Å². The highest BCUT2D eigenvalue weighted by molar-refractivity contribution is 6.00. The van der Waals surface area contributed by atoms with Crippen LogP contribution in [0.5, 0.6) is 0 Å². The molecule has 0 aliphatic rings. The van der Waals surface area contributed by atoms with Gasteiger partial charge in [-0.15, -0.1) is 0 Å². The van der Waals surface area contributed by atoms with Crippen molar-refractivity contribution in [1.82, 2.24) is 30.1 Å². The van der Waals surface area contributed by atoms with Gasteiger partial charge < -0.3 is 10.7 Å². The molecule has 5 heterocycles. The third kappa shape index (κ3) is 2.91. The van der Waals surface area contributed by atoms with Gasteiger partial charge in [-0.3, -0.25) is 15.1 Å². The monoisotopic (exact) mass is 403 g/mol. The molecule has 7 heteroatoms. The molecule has 7 nitrogen and oxygen atoms in total. The molecular weight excluding hydrogens is 386 g/mol. The number of hydrogen-bond donors (Lipinski definition) is 3. The van der Waals surface area contributed by atoms with Gasteiger partial charge in [-0.1, -0.05) is 12.1 Å². The Balaban J connectivity index is 1.51. The highest BCUT2D eigenvalue weighted by atomic mass is 15.1. The van der Waals surface area contributed by atoms with Crippen LogP contribution in [-0.2, 0) is 0 Å². The molecule has 0 amide bonds. The number of nitrogens with zero attached hydrogens (tertiary/aromatic N) is 4. The average molecular weight is 403 g/mol. The lowest BCUT2D eigenvalue weighted by atomic mass is 10.0. The van der Waals surface area contributed by atoms with Gasteiger partial charge in [0.05, 0.1) is 16.9 Å². The summed E-state index contributed by atoms with van der Waals surface area (Å²) in [5, 5.41) is 9.74. The van der Waals surface area contributed by atoms with E-state index in [-0.39, 0.29) is 0 Å². The van der Waals surface area contributed by atoms with Crippen molar-refractivity contribution in [3.8, 4) is 33.6 Å². The molecule has 0 radical (unpaired) electrons. The second-order valence-electron chi connectivity index (χ2n) is 7.39. The molecule has 0 bridgehead atoms. The third-order valence-corrected chi connectivity index (χ3v) is 5.42. The summed E-state index contributed by atoms with van der Waals surface area (Å²) in [4.78, 5) is 16.4. The molecule has 0 spiro atoms. The lowest BCUT2D eigenvalue weighted by Crippen LogP contribution is -1.87. The van der Waals surface area contributed by atoms with E-state index >= 15 is 0 Å². The van der Waals surface area contributed by atoms with Crippen LogP contribution >= 0.6 is 0 Å². The summed E-state index contributed by atoms with van der Waals surface area (Å²) < 4.78 is 0. The Hall–Kier alpha value is -4.52. The van der Waals surface area contributed by atoms with Crippen LogP contribution in [0, 0.1) is 0 Å². The third-order valence-electron chi connectivity index (χ3n) is 5.42. The zero-order chi connectivity index (χ0) is 20.8. The minimum absolute atomic E-state index is 0.634. The molecule has 6 rings (SSSR count). The summed E-state index contributed by atoms with van der Waals surface area (Å²) in [6.45, 7) is 0. The van der Waals surface area contributed by atoms with Crippen molar-refractivity contribution < 1.29 is 0 Å². The van der Waals surface area contributed by atoms with E-state index in [1.54, 1.807) is 18.6 Å². The molecule has 0 aliphatic heterocycles. The summed E-state index contributed by atoms with van der Waals surface area (Å²) in [7, 11) is 0. The van der Waals surface area contributed by atoms with E-state index in [0.29, 0.717) is 5.69 Å². The summed E-state index contributed by atoms with van der Waals surface area (Å²) in [6.07, 6.45) is 8.89. The number of nitrogens with one attached hydrogen (secondary N) is 2. The maximum Gasteiger partial charge on any atom is 0.138 e. The summed E-state index contributed by atoms with van der Waals surface area (Å²) in [5.74, 6) is 0. The van der Waals surface area contributed by atoms with E-state index in [2.05, 4.69) is 42.3 Å². The second kappa shape index (κ2) is 6.77. The van der Waals surface area contributed by atoms with E-state index < -0.39 is 0 Å². The number of benzene rings is 1. The molecule has 0 saturated carbocycles. The Morgan fingerprint density at radius 1 is 0.774 bits per heavy atom. The van der Waals surface area contributed by atoms with Crippen LogP contribution in [0.4, 0.5) is 5.69 Å². The number of H-pyrrole nitrogens is 2. The fraction of sp³-hybridized carbons (Fsp3) is 0. The van der Waals surface area contributed by atoms with E-state index in [1.165, 1.54) is 0 Å². The number of aromatic nitrogens is 6. The van der Waals surface area contributed by atoms with Crippen molar-refractivity contribution >= 4 is 27.6 Å². The van der Waals surface area contributed by atoms with Crippen molar-refractivity contribution in [3.63, 3.8) is 0 Å². The minimum atomic E-state index is 0.634. The van der Waals surface area contributed by atoms with Crippen molar-refractivity contribution in [2.45, 2.75) is 0 Å². The molecule has 0 atom stereocenters. The van der Waals surface area contributed by atoms with Gasteiger partial charge in [0.15, 0.2) is 0 Å². The van der Waals surface area contributed by atoms with Crippen molar-refractivity contribution in [2.24, 2.45) is 0 Å². The van der Waals surface area contributed by atoms with E-state index in [1.807, 2.05) is 48.8 Å². The number of fused-ring (bicyclic) bond motifs is 2. The molecule has 5 aromatic heterocycles. The highest BCUT2D eigenvalue weighted by Crippen LogP contribution is 2.34. The van der Waals surface area contributed by atoms with Crippen LogP contribution in [-0.4, -0.2) is 30.1 Å². The Labute approximate surface area is 177 Å². The maximum atomic E-state index is 5.92. The fourth-order valence-electron chi connectivity index (χ4n) is 3.94. The molecule has 0 aliphatic carbocycles. The van der Waals surface area contributed by atoms with E-state index in [0.717, 1.165) is 55.6 Å². The number of nitrogens with two attached hydrogens (primary N) is 1. The Morgan fingerprint density at radius 2 is 1.71 bits per heavy atom. The van der Waals surface area contributed by atoms with Gasteiger partial charge in [0.1, 0.15) is 11.3 Å². The van der Waals surface area contributed by atoms with E-state index in [9.17, 15) is 0 Å². The van der Waals surface area contributed by atoms with Crippen LogP contribution in [0.2, 0.25) is 0 Å². The molecular formula is C24H17N7. The summed E-state index contributed by atoms with van der Waals surface area (Å²) >= 11 is 0. The first-order chi connectivity index (χ1) is 15.3. The van der Waals surface area contributed by atoms with Gasteiger partial charge in [-0.2, -0.15) is 5.10 Å². The van der Waals surface area contributed by atoms with Gasteiger partial charge in [-0.05, 0) is 47.5 Å². The normalized spacial score (nSPS) is 11.4. The number of pyridine rings is 3. The van der Waals surface area contributed by atoms with Gasteiger partial charge in [0.25, 0.3) is 0 Å². The predicted molar refractivity (Wildman–Crippen MR) is 122 cm³/mol. The Bertz CT molecular complexity index is 1550. The lowest BCUT2D eigenvalue weighted by Gasteiger charge is -2.03. The fourth-order valence-corrected chi connectivity index (χ4v) is 3.94. The smallest absolute Gasteiger partial charge is 0.138 e. The van der Waals surface area contributed by atoms with Crippen molar-refractivity contribution in [1.29, 1.82) is 0 Å². The minimum Gasteiger partial charge on any atom is -0.397 e. The van der Waals surface area contributed by atoms with Gasteiger partial charge >= 0.3 is 0 Å². The first-order valence-corrected chi connectivity index (χ1v) is 9.84. The largest absolute Gasteiger partial charge is 0.397 e. The average Bonchev–Trinajstić information content (AvgIpc) is 3.43. The topological polar surface area (TPSA) is 109 Å². The number of hydrogen-bond acceptors (Lipinski definition) is 5. The Kier molecular flexibility index (Phi) is 3.79. The van der Waals surface area contributed by atoms with Crippen LogP contribution < -0.4 is 5.73 Å². The molecule has 0 saturated heterocycles. The first kappa shape index (κ1) is 17.3. The number of nitrogen functional groups attached to an aromatic ring is 1. The van der Waals surface area contributed by atoms with Crippen LogP contribution in [0.1, 0.15) is 0 Å². The number of aromatic amines is 2. The second-order valence-corrected chi connectivity index (χ2v) is 7.39. The summed E-state index contributed by atoms with van der Waals surface area (Å²) in [6, 6.07) is 16.2. The maximum absolute atomic E-state index is 5.92. The van der Waals surface area contributed by atoms with Crippen molar-refractivity contribution in [3.05, 3.63) is 79.5 Å². The van der Waals surface area contributed by atoms with Crippen LogP contribution in [0.3, 0.4) is 0 Å². The van der Waals surface area contributed by atoms with E-state index in [4.69, 9.17) is 5.73 Å². The lowest BCUT2D eigenvalue weighted by molar-refractivity contribution is 1.12. The quantitative estimate of drug-likeness (QED) is 0.393. The van der Waals surface area contributed by atoms with Crippen LogP contribution in [0.15, 0.2) is 79.5 Å².